The minimum atomic E-state index is -0.654. The average Bonchev–Trinajstić information content (AvgIpc) is 3.07. The number of hydrogen-bond acceptors (Lipinski definition) is 7. The molecule has 1 aromatic carbocycles. The third-order valence-electron chi connectivity index (χ3n) is 2.96. The standard InChI is InChI=1S/C12H12N4O4/c1-18-8-4-3-7-9(10(8)19-2)12(17)20-11(7)15-16-6-13-5-14-16/h3-6,11,15H,1-2H3/t11-/m1/s1. The van der Waals surface area contributed by atoms with Crippen molar-refractivity contribution in [2.24, 2.45) is 0 Å². The molecule has 0 saturated carbocycles. The third kappa shape index (κ3) is 1.81. The van der Waals surface area contributed by atoms with Crippen LogP contribution in [0.5, 0.6) is 11.5 Å². The highest BCUT2D eigenvalue weighted by atomic mass is 16.6. The van der Waals surface area contributed by atoms with Gasteiger partial charge in [-0.1, -0.05) is 0 Å². The second kappa shape index (κ2) is 4.72. The van der Waals surface area contributed by atoms with E-state index in [4.69, 9.17) is 14.2 Å². The lowest BCUT2D eigenvalue weighted by Crippen LogP contribution is -2.21. The van der Waals surface area contributed by atoms with Gasteiger partial charge in [0, 0.05) is 5.56 Å². The van der Waals surface area contributed by atoms with Crippen molar-refractivity contribution < 1.29 is 19.0 Å². The monoisotopic (exact) mass is 276 g/mol. The number of nitrogens with one attached hydrogen (secondary N) is 1. The van der Waals surface area contributed by atoms with E-state index in [0.717, 1.165) is 0 Å². The van der Waals surface area contributed by atoms with Crippen molar-refractivity contribution >= 4 is 5.97 Å². The van der Waals surface area contributed by atoms with E-state index in [1.807, 2.05) is 0 Å². The predicted octanol–water partition coefficient (Wildman–Crippen LogP) is 0.708. The first-order valence-corrected chi connectivity index (χ1v) is 5.81. The van der Waals surface area contributed by atoms with Crippen LogP contribution < -0.4 is 14.9 Å². The van der Waals surface area contributed by atoms with Gasteiger partial charge in [-0.05, 0) is 12.1 Å². The molecule has 0 spiro atoms. The van der Waals surface area contributed by atoms with Crippen molar-refractivity contribution in [1.29, 1.82) is 0 Å². The molecule has 3 rings (SSSR count). The van der Waals surface area contributed by atoms with Gasteiger partial charge in [0.1, 0.15) is 18.2 Å². The molecule has 1 aliphatic rings. The van der Waals surface area contributed by atoms with Crippen molar-refractivity contribution in [1.82, 2.24) is 14.9 Å². The van der Waals surface area contributed by atoms with Crippen molar-refractivity contribution in [3.63, 3.8) is 0 Å². The van der Waals surface area contributed by atoms with Crippen LogP contribution in [0.2, 0.25) is 0 Å². The number of ether oxygens (including phenoxy) is 3. The number of carbonyl (C=O) groups excluding carboxylic acids is 1. The molecule has 20 heavy (non-hydrogen) atoms. The molecule has 0 bridgehead atoms. The van der Waals surface area contributed by atoms with Gasteiger partial charge in [0.05, 0.1) is 14.2 Å². The molecule has 8 nitrogen and oxygen atoms in total. The fourth-order valence-corrected chi connectivity index (χ4v) is 2.09. The molecule has 0 aliphatic carbocycles. The predicted molar refractivity (Wildman–Crippen MR) is 67.1 cm³/mol. The van der Waals surface area contributed by atoms with E-state index in [0.29, 0.717) is 22.6 Å². The zero-order chi connectivity index (χ0) is 14.1. The summed E-state index contributed by atoms with van der Waals surface area (Å²) in [5.41, 5.74) is 3.91. The molecule has 1 N–H and O–H groups in total. The lowest BCUT2D eigenvalue weighted by Gasteiger charge is -2.14. The van der Waals surface area contributed by atoms with Crippen LogP contribution in [0.15, 0.2) is 24.8 Å². The van der Waals surface area contributed by atoms with Gasteiger partial charge < -0.3 is 14.2 Å². The lowest BCUT2D eigenvalue weighted by molar-refractivity contribution is 0.0409. The summed E-state index contributed by atoms with van der Waals surface area (Å²) in [4.78, 5) is 17.2. The fraction of sp³-hybridized carbons (Fsp3) is 0.250. The van der Waals surface area contributed by atoms with Crippen molar-refractivity contribution in [2.45, 2.75) is 6.23 Å². The smallest absolute Gasteiger partial charge is 0.344 e. The Morgan fingerprint density at radius 3 is 2.85 bits per heavy atom. The van der Waals surface area contributed by atoms with E-state index in [2.05, 4.69) is 15.5 Å². The maximum atomic E-state index is 12.0. The minimum absolute atomic E-state index is 0.351. The highest BCUT2D eigenvalue weighted by Gasteiger charge is 2.36. The number of hydrogen-bond donors (Lipinski definition) is 1. The van der Waals surface area contributed by atoms with Crippen LogP contribution in [0.25, 0.3) is 0 Å². The number of cyclic esters (lactones) is 1. The van der Waals surface area contributed by atoms with Gasteiger partial charge in [0.15, 0.2) is 11.5 Å². The van der Waals surface area contributed by atoms with Gasteiger partial charge >= 0.3 is 5.97 Å². The Morgan fingerprint density at radius 2 is 2.20 bits per heavy atom. The number of methoxy groups -OCH3 is 2. The topological polar surface area (TPSA) is 87.5 Å². The molecule has 0 fully saturated rings. The van der Waals surface area contributed by atoms with Crippen LogP contribution in [-0.4, -0.2) is 35.1 Å². The van der Waals surface area contributed by atoms with E-state index in [1.54, 1.807) is 12.1 Å². The number of benzene rings is 1. The Labute approximate surface area is 114 Å². The van der Waals surface area contributed by atoms with Crippen LogP contribution in [0.3, 0.4) is 0 Å². The summed E-state index contributed by atoms with van der Waals surface area (Å²) in [6.07, 6.45) is 2.19. The number of aromatic nitrogens is 3. The van der Waals surface area contributed by atoms with Crippen LogP contribution >= 0.6 is 0 Å². The number of rotatable bonds is 4. The first kappa shape index (κ1) is 12.3. The average molecular weight is 276 g/mol. The molecule has 1 aromatic heterocycles. The summed E-state index contributed by atoms with van der Waals surface area (Å²) >= 11 is 0. The van der Waals surface area contributed by atoms with Gasteiger partial charge in [-0.3, -0.25) is 5.43 Å². The Morgan fingerprint density at radius 1 is 1.35 bits per heavy atom. The molecular formula is C12H12N4O4. The molecule has 0 unspecified atom stereocenters. The second-order valence-electron chi connectivity index (χ2n) is 4.02. The largest absolute Gasteiger partial charge is 0.493 e. The number of fused-ring (bicyclic) bond motifs is 1. The molecule has 2 aromatic rings. The zero-order valence-corrected chi connectivity index (χ0v) is 10.9. The Hall–Kier alpha value is -2.77. The van der Waals surface area contributed by atoms with Gasteiger partial charge in [-0.25, -0.2) is 9.78 Å². The molecule has 0 saturated heterocycles. The summed E-state index contributed by atoms with van der Waals surface area (Å²) in [5.74, 6) is 0.357. The normalized spacial score (nSPS) is 16.5. The highest BCUT2D eigenvalue weighted by molar-refractivity contribution is 5.98. The van der Waals surface area contributed by atoms with E-state index in [9.17, 15) is 4.79 Å². The minimum Gasteiger partial charge on any atom is -0.493 e. The molecule has 1 atom stereocenters. The lowest BCUT2D eigenvalue weighted by atomic mass is 10.1. The summed E-state index contributed by atoms with van der Waals surface area (Å²) in [6.45, 7) is 0. The van der Waals surface area contributed by atoms with Crippen molar-refractivity contribution in [2.75, 3.05) is 19.6 Å². The Bertz CT molecular complexity index is 641. The number of esters is 1. The fourth-order valence-electron chi connectivity index (χ4n) is 2.09. The molecule has 2 heterocycles. The molecule has 1 aliphatic heterocycles. The maximum absolute atomic E-state index is 12.0. The third-order valence-corrected chi connectivity index (χ3v) is 2.96. The van der Waals surface area contributed by atoms with Gasteiger partial charge in [-0.15, -0.1) is 5.10 Å². The maximum Gasteiger partial charge on any atom is 0.344 e. The zero-order valence-electron chi connectivity index (χ0n) is 10.9. The van der Waals surface area contributed by atoms with Crippen molar-refractivity contribution in [3.05, 3.63) is 35.9 Å². The highest BCUT2D eigenvalue weighted by Crippen LogP contribution is 2.41. The molecule has 0 amide bonds. The summed E-state index contributed by atoms with van der Waals surface area (Å²) in [5, 5.41) is 3.90. The Kier molecular flexibility index (Phi) is 2.90. The van der Waals surface area contributed by atoms with Crippen LogP contribution in [-0.2, 0) is 4.74 Å². The first-order valence-electron chi connectivity index (χ1n) is 5.81. The SMILES string of the molecule is COc1ccc2c(c1OC)C(=O)O[C@H]2Nn1cncn1. The van der Waals surface area contributed by atoms with Gasteiger partial charge in [0.2, 0.25) is 6.23 Å². The van der Waals surface area contributed by atoms with E-state index in [1.165, 1.54) is 31.7 Å². The van der Waals surface area contributed by atoms with Crippen LogP contribution in [0.4, 0.5) is 0 Å². The molecule has 0 radical (unpaired) electrons. The molecular weight excluding hydrogens is 264 g/mol. The Balaban J connectivity index is 2.01. The van der Waals surface area contributed by atoms with Gasteiger partial charge in [0.25, 0.3) is 0 Å². The van der Waals surface area contributed by atoms with E-state index in [-0.39, 0.29) is 0 Å². The van der Waals surface area contributed by atoms with Gasteiger partial charge in [-0.2, -0.15) is 4.79 Å². The molecule has 104 valence electrons. The number of nitrogens with zero attached hydrogens (tertiary/aromatic N) is 3. The van der Waals surface area contributed by atoms with Crippen LogP contribution in [0, 0.1) is 0 Å². The van der Waals surface area contributed by atoms with Crippen molar-refractivity contribution in [3.8, 4) is 11.5 Å². The van der Waals surface area contributed by atoms with E-state index >= 15 is 0 Å². The van der Waals surface area contributed by atoms with Crippen LogP contribution in [0.1, 0.15) is 22.1 Å². The molecule has 8 heteroatoms. The number of carbonyl (C=O) groups is 1. The summed E-state index contributed by atoms with van der Waals surface area (Å²) in [6, 6.07) is 3.46. The quantitative estimate of drug-likeness (QED) is 0.823. The summed E-state index contributed by atoms with van der Waals surface area (Å²) in [7, 11) is 2.99. The van der Waals surface area contributed by atoms with E-state index < -0.39 is 12.2 Å². The summed E-state index contributed by atoms with van der Waals surface area (Å²) < 4.78 is 15.7. The second-order valence-corrected chi connectivity index (χ2v) is 4.02. The first-order chi connectivity index (χ1) is 9.74.